The van der Waals surface area contributed by atoms with E-state index in [0.717, 1.165) is 85.6 Å². The molecule has 0 radical (unpaired) electrons. The van der Waals surface area contributed by atoms with Crippen LogP contribution in [0.1, 0.15) is 113 Å². The highest BCUT2D eigenvalue weighted by molar-refractivity contribution is 6.05. The Bertz CT molecular complexity index is 2350. The van der Waals surface area contributed by atoms with Crippen LogP contribution in [0, 0.1) is 5.92 Å². The van der Waals surface area contributed by atoms with Crippen LogP contribution in [0.25, 0.3) is 0 Å². The van der Waals surface area contributed by atoms with Gasteiger partial charge in [-0.25, -0.2) is 8.78 Å². The Morgan fingerprint density at radius 2 is 1.62 bits per heavy atom. The first-order valence-corrected chi connectivity index (χ1v) is 23.2. The topological polar surface area (TPSA) is 144 Å². The summed E-state index contributed by atoms with van der Waals surface area (Å²) in [7, 11) is 0. The summed E-state index contributed by atoms with van der Waals surface area (Å²) < 4.78 is 37.8. The van der Waals surface area contributed by atoms with E-state index in [4.69, 9.17) is 9.84 Å². The molecule has 5 amide bonds. The lowest BCUT2D eigenvalue weighted by Crippen LogP contribution is -2.52. The third kappa shape index (κ3) is 8.02. The molecule has 17 heteroatoms. The highest BCUT2D eigenvalue weighted by Gasteiger charge is 2.40. The number of anilines is 3. The zero-order valence-electron chi connectivity index (χ0n) is 36.5. The SMILES string of the molecule is CC(=O)N1CCc2c(c(N3CCCc4cc(C(=O)N5CCN(CC6CCN(c7ccc8c(c7)CN(C7CCC(=O)NC7=O)C8=O)CC6)CC5)c(C(F)F)cc43)nn2C2CCOCC2)C1. The minimum absolute atomic E-state index is 0.00349. The summed E-state index contributed by atoms with van der Waals surface area (Å²) in [6.07, 6.45) is 3.52. The number of alkyl halides is 2. The highest BCUT2D eigenvalue weighted by Crippen LogP contribution is 2.42. The lowest BCUT2D eigenvalue weighted by atomic mass is 9.94. The van der Waals surface area contributed by atoms with E-state index in [1.54, 1.807) is 22.8 Å². The Hall–Kier alpha value is -5.42. The molecule has 1 atom stereocenters. The van der Waals surface area contributed by atoms with Crippen molar-refractivity contribution in [1.82, 2.24) is 34.7 Å². The molecule has 0 bridgehead atoms. The third-order valence-corrected chi connectivity index (χ3v) is 14.8. The number of piperidine rings is 2. The Morgan fingerprint density at radius 3 is 2.36 bits per heavy atom. The molecule has 0 saturated carbocycles. The summed E-state index contributed by atoms with van der Waals surface area (Å²) >= 11 is 0. The van der Waals surface area contributed by atoms with Gasteiger partial charge in [0.25, 0.3) is 18.2 Å². The number of rotatable bonds is 8. The Kier molecular flexibility index (Phi) is 11.6. The first-order chi connectivity index (χ1) is 31.0. The largest absolute Gasteiger partial charge is 0.381 e. The zero-order chi connectivity index (χ0) is 44.2. The Morgan fingerprint density at radius 1 is 0.844 bits per heavy atom. The van der Waals surface area contributed by atoms with Crippen LogP contribution >= 0.6 is 0 Å². The number of aryl methyl sites for hydroxylation is 1. The second-order valence-electron chi connectivity index (χ2n) is 18.6. The van der Waals surface area contributed by atoms with Gasteiger partial charge in [-0.05, 0) is 92.3 Å². The summed E-state index contributed by atoms with van der Waals surface area (Å²) in [6.45, 7) is 9.82. The van der Waals surface area contributed by atoms with Crippen LogP contribution in [0.3, 0.4) is 0 Å². The van der Waals surface area contributed by atoms with E-state index in [0.29, 0.717) is 102 Å². The summed E-state index contributed by atoms with van der Waals surface area (Å²) in [5.41, 5.74) is 5.99. The number of carbonyl (C=O) groups excluding carboxylic acids is 5. The van der Waals surface area contributed by atoms with E-state index in [1.165, 1.54) is 6.07 Å². The van der Waals surface area contributed by atoms with Crippen LogP contribution < -0.4 is 15.1 Å². The van der Waals surface area contributed by atoms with Crippen molar-refractivity contribution < 1.29 is 37.5 Å². The molecular formula is C47H57F2N9O6. The van der Waals surface area contributed by atoms with Crippen molar-refractivity contribution in [3.8, 4) is 0 Å². The molecule has 7 aliphatic rings. The number of fused-ring (bicyclic) bond motifs is 3. The first kappa shape index (κ1) is 42.5. The lowest BCUT2D eigenvalue weighted by Gasteiger charge is -2.39. The molecule has 0 aliphatic carbocycles. The van der Waals surface area contributed by atoms with E-state index in [9.17, 15) is 24.0 Å². The van der Waals surface area contributed by atoms with Gasteiger partial charge >= 0.3 is 0 Å². The molecule has 8 heterocycles. The van der Waals surface area contributed by atoms with E-state index in [-0.39, 0.29) is 47.2 Å². The van der Waals surface area contributed by atoms with Crippen LogP contribution in [-0.4, -0.2) is 137 Å². The minimum atomic E-state index is -2.84. The maximum atomic E-state index is 15.0. The monoisotopic (exact) mass is 881 g/mol. The molecule has 7 aliphatic heterocycles. The normalized spacial score (nSPS) is 22.5. The van der Waals surface area contributed by atoms with E-state index >= 15 is 8.78 Å². The number of nitrogens with zero attached hydrogens (tertiary/aromatic N) is 8. The van der Waals surface area contributed by atoms with E-state index in [2.05, 4.69) is 25.9 Å². The average molecular weight is 882 g/mol. The van der Waals surface area contributed by atoms with Gasteiger partial charge in [-0.1, -0.05) is 0 Å². The van der Waals surface area contributed by atoms with Crippen molar-refractivity contribution in [3.63, 3.8) is 0 Å². The first-order valence-electron chi connectivity index (χ1n) is 23.2. The zero-order valence-corrected chi connectivity index (χ0v) is 36.5. The van der Waals surface area contributed by atoms with Gasteiger partial charge < -0.3 is 29.2 Å². The van der Waals surface area contributed by atoms with Crippen molar-refractivity contribution in [2.75, 3.05) is 81.9 Å². The van der Waals surface area contributed by atoms with Crippen molar-refractivity contribution in [2.24, 2.45) is 5.92 Å². The van der Waals surface area contributed by atoms with Gasteiger partial charge in [0.15, 0.2) is 5.82 Å². The maximum Gasteiger partial charge on any atom is 0.264 e. The lowest BCUT2D eigenvalue weighted by molar-refractivity contribution is -0.137. The average Bonchev–Trinajstić information content (AvgIpc) is 3.85. The summed E-state index contributed by atoms with van der Waals surface area (Å²) in [6, 6.07) is 8.68. The summed E-state index contributed by atoms with van der Waals surface area (Å²) in [5.74, 6) is -0.0430. The Balaban J connectivity index is 0.772. The van der Waals surface area contributed by atoms with Crippen molar-refractivity contribution >= 4 is 46.7 Å². The number of benzene rings is 2. The van der Waals surface area contributed by atoms with Crippen LogP contribution in [0.5, 0.6) is 0 Å². The number of carbonyl (C=O) groups is 5. The van der Waals surface area contributed by atoms with Gasteiger partial charge in [0, 0.05) is 138 Å². The van der Waals surface area contributed by atoms with Crippen LogP contribution in [0.2, 0.25) is 0 Å². The van der Waals surface area contributed by atoms with Crippen LogP contribution in [0.15, 0.2) is 30.3 Å². The third-order valence-electron chi connectivity index (χ3n) is 14.8. The quantitative estimate of drug-likeness (QED) is 0.319. The number of aromatic nitrogens is 2. The van der Waals surface area contributed by atoms with Gasteiger partial charge in [0.2, 0.25) is 17.7 Å². The van der Waals surface area contributed by atoms with Crippen molar-refractivity contribution in [1.29, 1.82) is 0 Å². The number of nitrogens with one attached hydrogen (secondary N) is 1. The molecule has 15 nitrogen and oxygen atoms in total. The van der Waals surface area contributed by atoms with Gasteiger partial charge in [-0.3, -0.25) is 38.9 Å². The summed E-state index contributed by atoms with van der Waals surface area (Å²) in [5, 5.41) is 7.55. The second kappa shape index (κ2) is 17.5. The fourth-order valence-corrected chi connectivity index (χ4v) is 11.2. The fraction of sp³-hybridized carbons (Fsp3) is 0.574. The van der Waals surface area contributed by atoms with Crippen molar-refractivity contribution in [2.45, 2.75) is 96.3 Å². The van der Waals surface area contributed by atoms with E-state index < -0.39 is 18.4 Å². The standard InChI is InChI=1S/C47H57F2N9O6/c1-29(59)55-16-10-39-38(28-55)44(51-58(39)33-11-21-64-22-12-33)56-13-2-3-31-24-37(36(43(48)49)25-41(31)56)46(62)54-19-17-52(18-20-54)26-30-8-14-53(15-9-30)34-4-5-35-32(23-34)27-57(47(35)63)40-6-7-42(60)50-45(40)61/h4-5,23-25,30,33,40,43H,2-3,6-22,26-28H2,1H3,(H,50,60,61). The molecule has 10 rings (SSSR count). The fourth-order valence-electron chi connectivity index (χ4n) is 11.2. The maximum absolute atomic E-state index is 15.0. The second-order valence-corrected chi connectivity index (χ2v) is 18.6. The molecule has 340 valence electrons. The molecule has 4 fully saturated rings. The van der Waals surface area contributed by atoms with Gasteiger partial charge in [0.05, 0.1) is 12.6 Å². The number of amides is 5. The summed E-state index contributed by atoms with van der Waals surface area (Å²) in [4.78, 5) is 76.0. The van der Waals surface area contributed by atoms with E-state index in [1.807, 2.05) is 21.9 Å². The van der Waals surface area contributed by atoms with Gasteiger partial charge in [-0.2, -0.15) is 5.10 Å². The number of imide groups is 1. The molecule has 64 heavy (non-hydrogen) atoms. The van der Waals surface area contributed by atoms with Crippen molar-refractivity contribution in [3.05, 3.63) is 69.4 Å². The minimum Gasteiger partial charge on any atom is -0.381 e. The number of halogens is 2. The molecule has 4 saturated heterocycles. The van der Waals surface area contributed by atoms with Gasteiger partial charge in [-0.15, -0.1) is 0 Å². The smallest absolute Gasteiger partial charge is 0.264 e. The molecule has 1 unspecified atom stereocenters. The molecule has 0 spiro atoms. The number of hydrogen-bond acceptors (Lipinski definition) is 10. The highest BCUT2D eigenvalue weighted by atomic mass is 19.3. The van der Waals surface area contributed by atoms with Gasteiger partial charge in [0.1, 0.15) is 6.04 Å². The molecule has 3 aromatic rings. The number of piperazine rings is 1. The van der Waals surface area contributed by atoms with Crippen LogP contribution in [0.4, 0.5) is 26.0 Å². The molecule has 1 N–H and O–H groups in total. The molecule has 2 aromatic carbocycles. The number of hydrogen-bond donors (Lipinski definition) is 1. The van der Waals surface area contributed by atoms with Crippen LogP contribution in [-0.2, 0) is 45.1 Å². The Labute approximate surface area is 371 Å². The molecular weight excluding hydrogens is 825 g/mol. The number of ether oxygens (including phenoxy) is 1. The molecule has 1 aromatic heterocycles. The predicted octanol–water partition coefficient (Wildman–Crippen LogP) is 4.60. The predicted molar refractivity (Wildman–Crippen MR) is 233 cm³/mol.